The molecule has 32 heavy (non-hydrogen) atoms. The molecule has 4 aromatic rings. The minimum atomic E-state index is -0.166. The molecule has 3 heterocycles. The van der Waals surface area contributed by atoms with Gasteiger partial charge in [-0.1, -0.05) is 6.07 Å². The van der Waals surface area contributed by atoms with Crippen molar-refractivity contribution in [3.63, 3.8) is 0 Å². The summed E-state index contributed by atoms with van der Waals surface area (Å²) >= 11 is 0. The van der Waals surface area contributed by atoms with Crippen molar-refractivity contribution in [3.8, 4) is 17.3 Å². The van der Waals surface area contributed by atoms with Gasteiger partial charge in [-0.3, -0.25) is 0 Å². The molecule has 7 heteroatoms. The average Bonchev–Trinajstić information content (AvgIpc) is 3.22. The molecule has 0 radical (unpaired) electrons. The molecule has 0 saturated carbocycles. The van der Waals surface area contributed by atoms with E-state index in [0.29, 0.717) is 6.61 Å². The topological polar surface area (TPSA) is 77.5 Å². The van der Waals surface area contributed by atoms with Crippen molar-refractivity contribution in [1.29, 1.82) is 0 Å². The number of aromatic nitrogens is 3. The Morgan fingerprint density at radius 1 is 1.03 bits per heavy atom. The van der Waals surface area contributed by atoms with E-state index >= 15 is 0 Å². The van der Waals surface area contributed by atoms with E-state index in [9.17, 15) is 5.11 Å². The number of hydrogen-bond donors (Lipinski definition) is 2. The van der Waals surface area contributed by atoms with Gasteiger partial charge in [0, 0.05) is 36.8 Å². The summed E-state index contributed by atoms with van der Waals surface area (Å²) in [5.74, 6) is 1.57. The second kappa shape index (κ2) is 8.76. The lowest BCUT2D eigenvalue weighted by Gasteiger charge is -2.31. The van der Waals surface area contributed by atoms with Crippen LogP contribution in [0.4, 0.5) is 5.69 Å². The summed E-state index contributed by atoms with van der Waals surface area (Å²) in [6.45, 7) is 3.28. The second-order valence-electron chi connectivity index (χ2n) is 8.71. The van der Waals surface area contributed by atoms with E-state index in [1.165, 1.54) is 5.69 Å². The first kappa shape index (κ1) is 20.7. The number of likely N-dealkylation sites (N-methyl/N-ethyl adjacent to an activating group) is 1. The Bertz CT molecular complexity index is 1230. The summed E-state index contributed by atoms with van der Waals surface area (Å²) in [4.78, 5) is 17.4. The van der Waals surface area contributed by atoms with Crippen molar-refractivity contribution < 1.29 is 9.84 Å². The fourth-order valence-corrected chi connectivity index (χ4v) is 4.11. The fraction of sp³-hybridized carbons (Fsp3) is 0.360. The lowest BCUT2D eigenvalue weighted by molar-refractivity contribution is 0.145. The summed E-state index contributed by atoms with van der Waals surface area (Å²) in [6, 6.07) is 16.4. The van der Waals surface area contributed by atoms with Crippen LogP contribution in [0.2, 0.25) is 0 Å². The van der Waals surface area contributed by atoms with Crippen molar-refractivity contribution >= 4 is 27.6 Å². The van der Waals surface area contributed by atoms with E-state index in [0.717, 1.165) is 71.7 Å². The van der Waals surface area contributed by atoms with Crippen molar-refractivity contribution in [2.75, 3.05) is 45.2 Å². The number of benzene rings is 2. The number of anilines is 1. The maximum Gasteiger partial charge on any atom is 0.157 e. The van der Waals surface area contributed by atoms with E-state index in [4.69, 9.17) is 14.7 Å². The normalized spacial score (nSPS) is 15.2. The molecule has 0 aliphatic carbocycles. The highest BCUT2D eigenvalue weighted by Gasteiger charge is 2.17. The molecule has 1 fully saturated rings. The van der Waals surface area contributed by atoms with Gasteiger partial charge in [-0.15, -0.1) is 0 Å². The van der Waals surface area contributed by atoms with Crippen LogP contribution in [0, 0.1) is 0 Å². The van der Waals surface area contributed by atoms with Crippen LogP contribution < -0.4 is 9.64 Å². The number of ether oxygens (including phenoxy) is 1. The molecule has 0 bridgehead atoms. The van der Waals surface area contributed by atoms with Gasteiger partial charge in [0.25, 0.3) is 0 Å². The SMILES string of the molecule is CN(C)CCOc1ccc2[nH]c(-c3ccc4cc(N5CCC(O)CC5)ccc4n3)nc2c1. The van der Waals surface area contributed by atoms with E-state index in [1.807, 2.05) is 38.4 Å². The van der Waals surface area contributed by atoms with Crippen LogP contribution in [-0.2, 0) is 0 Å². The predicted molar refractivity (Wildman–Crippen MR) is 128 cm³/mol. The van der Waals surface area contributed by atoms with Gasteiger partial charge in [0.05, 0.1) is 22.7 Å². The summed E-state index contributed by atoms with van der Waals surface area (Å²) in [7, 11) is 4.06. The van der Waals surface area contributed by atoms with Gasteiger partial charge >= 0.3 is 0 Å². The maximum atomic E-state index is 9.76. The van der Waals surface area contributed by atoms with Crippen molar-refractivity contribution in [2.24, 2.45) is 0 Å². The fourth-order valence-electron chi connectivity index (χ4n) is 4.11. The van der Waals surface area contributed by atoms with Gasteiger partial charge in [0.15, 0.2) is 5.82 Å². The molecule has 2 N–H and O–H groups in total. The maximum absolute atomic E-state index is 9.76. The molecule has 0 spiro atoms. The number of aromatic amines is 1. The highest BCUT2D eigenvalue weighted by atomic mass is 16.5. The average molecular weight is 432 g/mol. The third kappa shape index (κ3) is 4.40. The Balaban J connectivity index is 1.37. The Morgan fingerprint density at radius 2 is 1.88 bits per heavy atom. The lowest BCUT2D eigenvalue weighted by Crippen LogP contribution is -2.35. The first-order valence-corrected chi connectivity index (χ1v) is 11.2. The largest absolute Gasteiger partial charge is 0.492 e. The number of fused-ring (bicyclic) bond motifs is 2. The molecule has 2 aromatic heterocycles. The highest BCUT2D eigenvalue weighted by Crippen LogP contribution is 2.27. The molecule has 2 aromatic carbocycles. The smallest absolute Gasteiger partial charge is 0.157 e. The second-order valence-corrected chi connectivity index (χ2v) is 8.71. The van der Waals surface area contributed by atoms with Gasteiger partial charge < -0.3 is 24.6 Å². The standard InChI is InChI=1S/C25H29N5O2/c1-29(2)13-14-32-20-5-8-22-24(16-20)28-25(27-22)23-6-3-17-15-18(4-7-21(17)26-23)30-11-9-19(31)10-12-30/h3-8,15-16,19,31H,9-14H2,1-2H3,(H,27,28). The molecule has 0 atom stereocenters. The molecule has 7 nitrogen and oxygen atoms in total. The van der Waals surface area contributed by atoms with Crippen LogP contribution in [0.25, 0.3) is 33.5 Å². The number of aliphatic hydroxyl groups is 1. The molecule has 5 rings (SSSR count). The van der Waals surface area contributed by atoms with E-state index in [2.05, 4.69) is 39.0 Å². The highest BCUT2D eigenvalue weighted by molar-refractivity contribution is 5.86. The van der Waals surface area contributed by atoms with Crippen molar-refractivity contribution in [1.82, 2.24) is 19.9 Å². The Kier molecular flexibility index (Phi) is 5.68. The van der Waals surface area contributed by atoms with E-state index in [1.54, 1.807) is 0 Å². The molecule has 1 saturated heterocycles. The minimum absolute atomic E-state index is 0.166. The van der Waals surface area contributed by atoms with Gasteiger partial charge in [0.2, 0.25) is 0 Å². The number of H-pyrrole nitrogens is 1. The molecular weight excluding hydrogens is 402 g/mol. The van der Waals surface area contributed by atoms with Crippen LogP contribution in [0.15, 0.2) is 48.5 Å². The Morgan fingerprint density at radius 3 is 2.69 bits per heavy atom. The molecule has 166 valence electrons. The van der Waals surface area contributed by atoms with Gasteiger partial charge in [-0.05, 0) is 63.3 Å². The Labute approximate surface area is 187 Å². The van der Waals surface area contributed by atoms with Crippen LogP contribution in [0.3, 0.4) is 0 Å². The number of nitrogens with one attached hydrogen (secondary N) is 1. The third-order valence-corrected chi connectivity index (χ3v) is 6.01. The van der Waals surface area contributed by atoms with Crippen LogP contribution in [0.1, 0.15) is 12.8 Å². The monoisotopic (exact) mass is 431 g/mol. The van der Waals surface area contributed by atoms with Gasteiger partial charge in [0.1, 0.15) is 18.1 Å². The first-order valence-electron chi connectivity index (χ1n) is 11.2. The quantitative estimate of drug-likeness (QED) is 0.485. The summed E-state index contributed by atoms with van der Waals surface area (Å²) in [6.07, 6.45) is 1.48. The van der Waals surface area contributed by atoms with Crippen LogP contribution >= 0.6 is 0 Å². The minimum Gasteiger partial charge on any atom is -0.492 e. The number of nitrogens with zero attached hydrogens (tertiary/aromatic N) is 4. The molecule has 1 aliphatic rings. The number of pyridine rings is 1. The summed E-state index contributed by atoms with van der Waals surface area (Å²) in [5, 5.41) is 10.9. The van der Waals surface area contributed by atoms with Crippen LogP contribution in [-0.4, -0.2) is 71.4 Å². The Hall–Kier alpha value is -3.16. The van der Waals surface area contributed by atoms with E-state index < -0.39 is 0 Å². The number of aliphatic hydroxyl groups excluding tert-OH is 1. The first-order chi connectivity index (χ1) is 15.5. The predicted octanol–water partition coefficient (Wildman–Crippen LogP) is 3.68. The molecule has 0 amide bonds. The van der Waals surface area contributed by atoms with Gasteiger partial charge in [-0.25, -0.2) is 9.97 Å². The van der Waals surface area contributed by atoms with Crippen molar-refractivity contribution in [3.05, 3.63) is 48.5 Å². The summed E-state index contributed by atoms with van der Waals surface area (Å²) in [5.41, 5.74) is 4.77. The number of imidazole rings is 1. The number of hydrogen-bond acceptors (Lipinski definition) is 6. The van der Waals surface area contributed by atoms with E-state index in [-0.39, 0.29) is 6.10 Å². The molecule has 0 unspecified atom stereocenters. The zero-order chi connectivity index (χ0) is 22.1. The zero-order valence-corrected chi connectivity index (χ0v) is 18.6. The van der Waals surface area contributed by atoms with Gasteiger partial charge in [-0.2, -0.15) is 0 Å². The summed E-state index contributed by atoms with van der Waals surface area (Å²) < 4.78 is 5.84. The lowest BCUT2D eigenvalue weighted by atomic mass is 10.1. The number of piperidine rings is 1. The third-order valence-electron chi connectivity index (χ3n) is 6.01. The molecular formula is C25H29N5O2. The zero-order valence-electron chi connectivity index (χ0n) is 18.6. The number of rotatable bonds is 6. The van der Waals surface area contributed by atoms with Crippen LogP contribution in [0.5, 0.6) is 5.75 Å². The molecule has 1 aliphatic heterocycles. The van der Waals surface area contributed by atoms with Crippen molar-refractivity contribution in [2.45, 2.75) is 18.9 Å².